The molecule has 0 spiro atoms. The summed E-state index contributed by atoms with van der Waals surface area (Å²) in [6, 6.07) is 19.2. The molecule has 1 heterocycles. The van der Waals surface area contributed by atoms with E-state index in [0.717, 1.165) is 31.4 Å². The number of para-hydroxylation sites is 1. The van der Waals surface area contributed by atoms with Gasteiger partial charge in [0, 0.05) is 11.3 Å². The first-order valence-corrected chi connectivity index (χ1v) is 10.2. The maximum Gasteiger partial charge on any atom is 0.261 e. The molecule has 1 N–H and O–H groups in total. The highest BCUT2D eigenvalue weighted by Gasteiger charge is 2.27. The zero-order chi connectivity index (χ0) is 20.9. The highest BCUT2D eigenvalue weighted by molar-refractivity contribution is 5.81. The lowest BCUT2D eigenvalue weighted by molar-refractivity contribution is -0.128. The van der Waals surface area contributed by atoms with Gasteiger partial charge in [-0.3, -0.25) is 9.48 Å². The standard InChI is InChI=1S/C24H24N4O2/c1-17(30-23-13-6-5-10-19(23)14-25)24(29)27-21-11-7-12-22-20(21)15-26-28(22)16-18-8-3-2-4-9-18/h2-6,8-10,13,15,17,21H,7,11-12,16H2,1H3,(H,27,29). The summed E-state index contributed by atoms with van der Waals surface area (Å²) < 4.78 is 7.79. The molecule has 30 heavy (non-hydrogen) atoms. The summed E-state index contributed by atoms with van der Waals surface area (Å²) in [6.45, 7) is 2.42. The van der Waals surface area contributed by atoms with Crippen molar-refractivity contribution in [2.75, 3.05) is 0 Å². The fraction of sp³-hybridized carbons (Fsp3) is 0.292. The molecule has 2 unspecified atom stereocenters. The summed E-state index contributed by atoms with van der Waals surface area (Å²) in [7, 11) is 0. The van der Waals surface area contributed by atoms with E-state index in [1.807, 2.05) is 29.1 Å². The lowest BCUT2D eigenvalue weighted by Crippen LogP contribution is -2.39. The number of benzene rings is 2. The first-order chi connectivity index (χ1) is 14.7. The van der Waals surface area contributed by atoms with E-state index in [-0.39, 0.29) is 11.9 Å². The van der Waals surface area contributed by atoms with Gasteiger partial charge in [0.2, 0.25) is 0 Å². The molecule has 3 aromatic rings. The SMILES string of the molecule is CC(Oc1ccccc1C#N)C(=O)NC1CCCc2c1cnn2Cc1ccccc1. The van der Waals surface area contributed by atoms with Crippen LogP contribution in [0.3, 0.4) is 0 Å². The Morgan fingerprint density at radius 2 is 2.03 bits per heavy atom. The van der Waals surface area contributed by atoms with E-state index < -0.39 is 6.10 Å². The second kappa shape index (κ2) is 8.83. The van der Waals surface area contributed by atoms with Crippen LogP contribution in [0.1, 0.15) is 48.2 Å². The van der Waals surface area contributed by atoms with Crippen LogP contribution in [0.25, 0.3) is 0 Å². The van der Waals surface area contributed by atoms with Crippen molar-refractivity contribution in [3.63, 3.8) is 0 Å². The first kappa shape index (κ1) is 19.7. The minimum Gasteiger partial charge on any atom is -0.480 e. The van der Waals surface area contributed by atoms with Crippen LogP contribution < -0.4 is 10.1 Å². The average molecular weight is 400 g/mol. The maximum atomic E-state index is 12.8. The third kappa shape index (κ3) is 4.20. The molecule has 0 fully saturated rings. The minimum atomic E-state index is -0.704. The number of nitrogens with zero attached hydrogens (tertiary/aromatic N) is 3. The van der Waals surface area contributed by atoms with Gasteiger partial charge in [-0.15, -0.1) is 0 Å². The van der Waals surface area contributed by atoms with Crippen LogP contribution in [0.5, 0.6) is 5.75 Å². The van der Waals surface area contributed by atoms with Gasteiger partial charge >= 0.3 is 0 Å². The zero-order valence-corrected chi connectivity index (χ0v) is 16.9. The Kier molecular flexibility index (Phi) is 5.80. The van der Waals surface area contributed by atoms with Crippen LogP contribution in [-0.2, 0) is 17.8 Å². The second-order valence-electron chi connectivity index (χ2n) is 7.51. The lowest BCUT2D eigenvalue weighted by Gasteiger charge is -2.26. The Balaban J connectivity index is 1.45. The van der Waals surface area contributed by atoms with Gasteiger partial charge in [0.05, 0.1) is 24.3 Å². The molecule has 6 heteroatoms. The smallest absolute Gasteiger partial charge is 0.261 e. The summed E-state index contributed by atoms with van der Waals surface area (Å²) in [5.74, 6) is 0.221. The van der Waals surface area contributed by atoms with Crippen LogP contribution >= 0.6 is 0 Å². The van der Waals surface area contributed by atoms with E-state index in [4.69, 9.17) is 4.74 Å². The van der Waals surface area contributed by atoms with E-state index in [9.17, 15) is 10.1 Å². The fourth-order valence-electron chi connectivity index (χ4n) is 3.86. The maximum absolute atomic E-state index is 12.8. The molecule has 1 amide bonds. The number of hydrogen-bond acceptors (Lipinski definition) is 4. The minimum absolute atomic E-state index is 0.0805. The Bertz CT molecular complexity index is 1070. The van der Waals surface area contributed by atoms with Gasteiger partial charge in [0.1, 0.15) is 11.8 Å². The predicted molar refractivity (Wildman–Crippen MR) is 113 cm³/mol. The number of nitriles is 1. The zero-order valence-electron chi connectivity index (χ0n) is 16.9. The molecule has 0 saturated carbocycles. The number of carbonyl (C=O) groups is 1. The van der Waals surface area contributed by atoms with Crippen LogP contribution in [0.2, 0.25) is 0 Å². The van der Waals surface area contributed by atoms with Gasteiger partial charge in [-0.2, -0.15) is 10.4 Å². The number of hydrogen-bond donors (Lipinski definition) is 1. The first-order valence-electron chi connectivity index (χ1n) is 10.2. The summed E-state index contributed by atoms with van der Waals surface area (Å²) in [5, 5.41) is 16.9. The van der Waals surface area contributed by atoms with E-state index >= 15 is 0 Å². The van der Waals surface area contributed by atoms with Crippen molar-refractivity contribution in [2.45, 2.75) is 44.9 Å². The molecule has 0 saturated heterocycles. The van der Waals surface area contributed by atoms with Crippen molar-refractivity contribution >= 4 is 5.91 Å². The number of amides is 1. The van der Waals surface area contributed by atoms with Gasteiger partial charge < -0.3 is 10.1 Å². The summed E-state index contributed by atoms with van der Waals surface area (Å²) in [6.07, 6.45) is 3.99. The van der Waals surface area contributed by atoms with Crippen molar-refractivity contribution in [3.8, 4) is 11.8 Å². The number of rotatable bonds is 6. The summed E-state index contributed by atoms with van der Waals surface area (Å²) in [4.78, 5) is 12.8. The molecular weight excluding hydrogens is 376 g/mol. The Morgan fingerprint density at radius 3 is 2.83 bits per heavy atom. The summed E-state index contributed by atoms with van der Waals surface area (Å²) >= 11 is 0. The Hall–Kier alpha value is -3.59. The van der Waals surface area contributed by atoms with Gasteiger partial charge in [0.15, 0.2) is 6.10 Å². The van der Waals surface area contributed by atoms with Gasteiger partial charge in [0.25, 0.3) is 5.91 Å². The molecule has 4 rings (SSSR count). The Morgan fingerprint density at radius 1 is 1.27 bits per heavy atom. The third-order valence-electron chi connectivity index (χ3n) is 5.43. The monoisotopic (exact) mass is 400 g/mol. The van der Waals surface area contributed by atoms with E-state index in [1.165, 1.54) is 11.3 Å². The van der Waals surface area contributed by atoms with Crippen LogP contribution in [-0.4, -0.2) is 21.8 Å². The predicted octanol–water partition coefficient (Wildman–Crippen LogP) is 3.76. The number of fused-ring (bicyclic) bond motifs is 1. The highest BCUT2D eigenvalue weighted by atomic mass is 16.5. The van der Waals surface area contributed by atoms with Crippen LogP contribution in [0.15, 0.2) is 60.8 Å². The molecule has 152 valence electrons. The highest BCUT2D eigenvalue weighted by Crippen LogP contribution is 2.30. The van der Waals surface area contributed by atoms with Crippen LogP contribution in [0, 0.1) is 11.3 Å². The largest absolute Gasteiger partial charge is 0.480 e. The van der Waals surface area contributed by atoms with Crippen molar-refractivity contribution in [1.29, 1.82) is 5.26 Å². The van der Waals surface area contributed by atoms with Gasteiger partial charge in [-0.05, 0) is 43.9 Å². The molecule has 1 aliphatic carbocycles. The molecule has 6 nitrogen and oxygen atoms in total. The topological polar surface area (TPSA) is 79.9 Å². The molecule has 2 atom stereocenters. The summed E-state index contributed by atoms with van der Waals surface area (Å²) in [5.41, 5.74) is 3.88. The van der Waals surface area contributed by atoms with Crippen molar-refractivity contribution in [2.24, 2.45) is 0 Å². The molecule has 1 aliphatic rings. The van der Waals surface area contributed by atoms with Crippen molar-refractivity contribution in [3.05, 3.63) is 83.2 Å². The number of nitrogens with one attached hydrogen (secondary N) is 1. The average Bonchev–Trinajstić information content (AvgIpc) is 3.18. The molecule has 2 aromatic carbocycles. The molecular formula is C24H24N4O2. The molecule has 0 bridgehead atoms. The second-order valence-corrected chi connectivity index (χ2v) is 7.51. The van der Waals surface area contributed by atoms with E-state index in [0.29, 0.717) is 11.3 Å². The number of aromatic nitrogens is 2. The van der Waals surface area contributed by atoms with Crippen molar-refractivity contribution < 1.29 is 9.53 Å². The normalized spacial score (nSPS) is 16.2. The van der Waals surface area contributed by atoms with Gasteiger partial charge in [-0.25, -0.2) is 0 Å². The van der Waals surface area contributed by atoms with Gasteiger partial charge in [-0.1, -0.05) is 42.5 Å². The Labute approximate surface area is 176 Å². The number of carbonyl (C=O) groups excluding carboxylic acids is 1. The van der Waals surface area contributed by atoms with Crippen molar-refractivity contribution in [1.82, 2.24) is 15.1 Å². The molecule has 0 aliphatic heterocycles. The number of ether oxygens (including phenoxy) is 1. The quantitative estimate of drug-likeness (QED) is 0.683. The van der Waals surface area contributed by atoms with E-state index in [2.05, 4.69) is 28.6 Å². The molecule has 1 aromatic heterocycles. The lowest BCUT2D eigenvalue weighted by atomic mass is 9.92. The molecule has 0 radical (unpaired) electrons. The van der Waals surface area contributed by atoms with E-state index in [1.54, 1.807) is 31.2 Å². The fourth-order valence-corrected chi connectivity index (χ4v) is 3.86. The third-order valence-corrected chi connectivity index (χ3v) is 5.43. The van der Waals surface area contributed by atoms with Crippen LogP contribution in [0.4, 0.5) is 0 Å².